The Hall–Kier alpha value is -1.54. The van der Waals surface area contributed by atoms with Crippen LogP contribution in [0.25, 0.3) is 11.1 Å². The molecular formula is C20H26ClFO. The van der Waals surface area contributed by atoms with E-state index in [2.05, 4.69) is 20.8 Å². The molecule has 2 rings (SSSR count). The number of hydrogen-bond donors (Lipinski definition) is 0. The highest BCUT2D eigenvalue weighted by Crippen LogP contribution is 2.36. The molecule has 0 unspecified atom stereocenters. The number of halogens is 2. The van der Waals surface area contributed by atoms with Crippen molar-refractivity contribution in [3.05, 3.63) is 53.3 Å². The smallest absolute Gasteiger partial charge is 0.131 e. The molecule has 126 valence electrons. The molecule has 0 saturated carbocycles. The van der Waals surface area contributed by atoms with Crippen molar-refractivity contribution in [2.75, 3.05) is 7.11 Å². The molecule has 0 spiro atoms. The molecule has 0 aliphatic heterocycles. The number of hydrogen-bond acceptors (Lipinski definition) is 1. The van der Waals surface area contributed by atoms with E-state index in [0.29, 0.717) is 17.2 Å². The lowest BCUT2D eigenvalue weighted by Gasteiger charge is -2.24. The molecule has 0 radical (unpaired) electrons. The molecule has 2 aromatic carbocycles. The van der Waals surface area contributed by atoms with Crippen LogP contribution in [0.4, 0.5) is 4.39 Å². The fourth-order valence-corrected chi connectivity index (χ4v) is 2.56. The van der Waals surface area contributed by atoms with Crippen LogP contribution in [0.1, 0.15) is 45.7 Å². The van der Waals surface area contributed by atoms with E-state index >= 15 is 0 Å². The molecule has 0 bridgehead atoms. The number of benzene rings is 2. The molecule has 1 nitrogen and oxygen atoms in total. The van der Waals surface area contributed by atoms with Crippen LogP contribution in [0.15, 0.2) is 36.4 Å². The van der Waals surface area contributed by atoms with Gasteiger partial charge in [0.25, 0.3) is 0 Å². The van der Waals surface area contributed by atoms with Crippen molar-refractivity contribution in [1.29, 1.82) is 0 Å². The maximum absolute atomic E-state index is 14.3. The Morgan fingerprint density at radius 1 is 1.00 bits per heavy atom. The normalized spacial score (nSPS) is 10.8. The van der Waals surface area contributed by atoms with Gasteiger partial charge in [0.1, 0.15) is 11.6 Å². The van der Waals surface area contributed by atoms with Crippen molar-refractivity contribution >= 4 is 11.6 Å². The second kappa shape index (κ2) is 8.35. The molecule has 2 aromatic rings. The van der Waals surface area contributed by atoms with Crippen LogP contribution in [-0.4, -0.2) is 7.11 Å². The maximum atomic E-state index is 14.3. The molecular weight excluding hydrogens is 311 g/mol. The first-order valence-corrected chi connectivity index (χ1v) is 8.43. The number of methoxy groups -OCH3 is 1. The minimum atomic E-state index is -0.256. The maximum Gasteiger partial charge on any atom is 0.131 e. The van der Waals surface area contributed by atoms with Crippen molar-refractivity contribution < 1.29 is 9.13 Å². The quantitative estimate of drug-likeness (QED) is 0.576. The van der Waals surface area contributed by atoms with E-state index < -0.39 is 0 Å². The van der Waals surface area contributed by atoms with Gasteiger partial charge in [0, 0.05) is 11.4 Å². The summed E-state index contributed by atoms with van der Waals surface area (Å²) in [7, 11) is 1.58. The minimum Gasteiger partial charge on any atom is -0.497 e. The van der Waals surface area contributed by atoms with E-state index in [0.717, 1.165) is 16.7 Å². The summed E-state index contributed by atoms with van der Waals surface area (Å²) in [5, 5.41) is 0. The van der Waals surface area contributed by atoms with Crippen LogP contribution < -0.4 is 4.74 Å². The van der Waals surface area contributed by atoms with Gasteiger partial charge in [-0.25, -0.2) is 4.39 Å². The highest BCUT2D eigenvalue weighted by atomic mass is 35.5. The fourth-order valence-electron chi connectivity index (χ4n) is 2.39. The second-order valence-electron chi connectivity index (χ2n) is 6.11. The monoisotopic (exact) mass is 336 g/mol. The SMILES string of the molecule is CC.COc1ccc(F)c(-c2cc(CCl)ccc2C(C)(C)C)c1. The average molecular weight is 337 g/mol. The molecule has 0 saturated heterocycles. The lowest BCUT2D eigenvalue weighted by Crippen LogP contribution is -2.13. The topological polar surface area (TPSA) is 9.23 Å². The molecule has 0 heterocycles. The van der Waals surface area contributed by atoms with E-state index in [1.54, 1.807) is 19.2 Å². The van der Waals surface area contributed by atoms with Gasteiger partial charge in [-0.2, -0.15) is 0 Å². The minimum absolute atomic E-state index is 0.0876. The lowest BCUT2D eigenvalue weighted by molar-refractivity contribution is 0.414. The summed E-state index contributed by atoms with van der Waals surface area (Å²) in [5.74, 6) is 0.791. The first-order valence-electron chi connectivity index (χ1n) is 7.90. The Balaban J connectivity index is 0.00000127. The molecule has 0 aliphatic carbocycles. The van der Waals surface area contributed by atoms with Gasteiger partial charge in [-0.1, -0.05) is 46.8 Å². The Morgan fingerprint density at radius 3 is 2.17 bits per heavy atom. The van der Waals surface area contributed by atoms with Crippen LogP contribution in [0, 0.1) is 5.82 Å². The van der Waals surface area contributed by atoms with E-state index in [1.807, 2.05) is 32.0 Å². The van der Waals surface area contributed by atoms with Gasteiger partial charge in [0.15, 0.2) is 0 Å². The van der Waals surface area contributed by atoms with Crippen molar-refractivity contribution in [3.8, 4) is 16.9 Å². The highest BCUT2D eigenvalue weighted by Gasteiger charge is 2.21. The van der Waals surface area contributed by atoms with Gasteiger partial charge < -0.3 is 4.74 Å². The summed E-state index contributed by atoms with van der Waals surface area (Å²) in [5.41, 5.74) is 3.39. The zero-order valence-corrected chi connectivity index (χ0v) is 15.6. The molecule has 0 aromatic heterocycles. The number of alkyl halides is 1. The van der Waals surface area contributed by atoms with Gasteiger partial charge in [0.05, 0.1) is 7.11 Å². The van der Waals surface area contributed by atoms with Crippen LogP contribution in [0.2, 0.25) is 0 Å². The van der Waals surface area contributed by atoms with Crippen molar-refractivity contribution in [1.82, 2.24) is 0 Å². The molecule has 0 fully saturated rings. The first kappa shape index (κ1) is 19.5. The summed E-state index contributed by atoms with van der Waals surface area (Å²) >= 11 is 5.93. The molecule has 0 atom stereocenters. The van der Waals surface area contributed by atoms with E-state index in [-0.39, 0.29) is 11.2 Å². The van der Waals surface area contributed by atoms with Crippen molar-refractivity contribution in [3.63, 3.8) is 0 Å². The predicted molar refractivity (Wildman–Crippen MR) is 98.0 cm³/mol. The fraction of sp³-hybridized carbons (Fsp3) is 0.400. The molecule has 0 N–H and O–H groups in total. The van der Waals surface area contributed by atoms with Gasteiger partial charge in [-0.05, 0) is 46.4 Å². The summed E-state index contributed by atoms with van der Waals surface area (Å²) in [6.07, 6.45) is 0. The average Bonchev–Trinajstić information content (AvgIpc) is 2.55. The van der Waals surface area contributed by atoms with Crippen LogP contribution in [-0.2, 0) is 11.3 Å². The van der Waals surface area contributed by atoms with Crippen LogP contribution >= 0.6 is 11.6 Å². The Labute approximate surface area is 144 Å². The Morgan fingerprint density at radius 2 is 1.65 bits per heavy atom. The molecule has 23 heavy (non-hydrogen) atoms. The number of rotatable bonds is 3. The molecule has 0 amide bonds. The first-order chi connectivity index (χ1) is 10.9. The predicted octanol–water partition coefficient (Wildman–Crippen LogP) is 6.56. The summed E-state index contributed by atoms with van der Waals surface area (Å²) in [6.45, 7) is 10.3. The van der Waals surface area contributed by atoms with E-state index in [9.17, 15) is 4.39 Å². The third-order valence-corrected chi connectivity index (χ3v) is 3.82. The third kappa shape index (κ3) is 4.71. The van der Waals surface area contributed by atoms with Gasteiger partial charge in [0.2, 0.25) is 0 Å². The molecule has 3 heteroatoms. The molecule has 0 aliphatic rings. The lowest BCUT2D eigenvalue weighted by atomic mass is 9.81. The zero-order valence-electron chi connectivity index (χ0n) is 14.8. The Bertz CT molecular complexity index is 645. The Kier molecular flexibility index (Phi) is 7.08. The van der Waals surface area contributed by atoms with Gasteiger partial charge >= 0.3 is 0 Å². The number of ether oxygens (including phenoxy) is 1. The third-order valence-electron chi connectivity index (χ3n) is 3.51. The highest BCUT2D eigenvalue weighted by molar-refractivity contribution is 6.17. The van der Waals surface area contributed by atoms with Gasteiger partial charge in [-0.15, -0.1) is 11.6 Å². The van der Waals surface area contributed by atoms with Gasteiger partial charge in [-0.3, -0.25) is 0 Å². The summed E-state index contributed by atoms with van der Waals surface area (Å²) < 4.78 is 19.5. The van der Waals surface area contributed by atoms with Crippen LogP contribution in [0.5, 0.6) is 5.75 Å². The summed E-state index contributed by atoms with van der Waals surface area (Å²) in [4.78, 5) is 0. The zero-order chi connectivity index (χ0) is 17.6. The standard InChI is InChI=1S/C18H20ClFO.C2H6/c1-18(2,3)16-7-5-12(11-19)9-14(16)15-10-13(21-4)6-8-17(15)20;1-2/h5-10H,11H2,1-4H3;1-2H3. The largest absolute Gasteiger partial charge is 0.497 e. The second-order valence-corrected chi connectivity index (χ2v) is 6.38. The van der Waals surface area contributed by atoms with Crippen molar-refractivity contribution in [2.45, 2.75) is 45.9 Å². The van der Waals surface area contributed by atoms with E-state index in [1.165, 1.54) is 6.07 Å². The van der Waals surface area contributed by atoms with Crippen LogP contribution in [0.3, 0.4) is 0 Å². The van der Waals surface area contributed by atoms with Crippen molar-refractivity contribution in [2.24, 2.45) is 0 Å². The summed E-state index contributed by atoms with van der Waals surface area (Å²) in [6, 6.07) is 10.8. The van der Waals surface area contributed by atoms with E-state index in [4.69, 9.17) is 16.3 Å².